The van der Waals surface area contributed by atoms with Gasteiger partial charge in [-0.2, -0.15) is 0 Å². The predicted octanol–water partition coefficient (Wildman–Crippen LogP) is 0.809. The Bertz CT molecular complexity index is 435. The molecule has 1 aromatic rings. The normalized spacial score (nSPS) is 13.5. The van der Waals surface area contributed by atoms with Crippen molar-refractivity contribution in [1.29, 1.82) is 0 Å². The maximum absolute atomic E-state index is 4.29. The summed E-state index contributed by atoms with van der Waals surface area (Å²) in [5.74, 6) is 0. The monoisotopic (exact) mass is 192 g/mol. The van der Waals surface area contributed by atoms with Gasteiger partial charge in [-0.25, -0.2) is 4.98 Å². The van der Waals surface area contributed by atoms with E-state index in [1.54, 1.807) is 6.20 Å². The fraction of sp³-hybridized carbons (Fsp3) is 0.200. The first-order valence-electron chi connectivity index (χ1n) is 3.99. The Labute approximate surface area is 83.1 Å². The van der Waals surface area contributed by atoms with Crippen molar-refractivity contribution < 1.29 is 0 Å². The van der Waals surface area contributed by atoms with Gasteiger partial charge in [0, 0.05) is 11.1 Å². The molecule has 0 aromatic carbocycles. The van der Waals surface area contributed by atoms with Crippen molar-refractivity contribution in [1.82, 2.24) is 9.97 Å². The fourth-order valence-electron chi connectivity index (χ4n) is 0.860. The molecular formula is C10H12N2S. The smallest absolute Gasteiger partial charge is 0.0894 e. The average molecular weight is 192 g/mol. The molecule has 0 aliphatic heterocycles. The maximum atomic E-state index is 4.29. The van der Waals surface area contributed by atoms with E-state index in [4.69, 9.17) is 0 Å². The standard InChI is InChI=1S/C10H12N2S/c1-4-9(13)5-10-8(3)11-6-7(2)12-10/h4-6,13H,3H2,1-2H3/b9-4+,10-5+. The number of aryl methyl sites for hydroxylation is 1. The quantitative estimate of drug-likeness (QED) is 0.666. The van der Waals surface area contributed by atoms with Crippen molar-refractivity contribution in [2.24, 2.45) is 0 Å². The molecule has 2 nitrogen and oxygen atoms in total. The molecule has 0 spiro atoms. The van der Waals surface area contributed by atoms with Gasteiger partial charge in [0.25, 0.3) is 0 Å². The summed E-state index contributed by atoms with van der Waals surface area (Å²) in [7, 11) is 0. The topological polar surface area (TPSA) is 25.8 Å². The largest absolute Gasteiger partial charge is 0.253 e. The van der Waals surface area contributed by atoms with Gasteiger partial charge in [0.1, 0.15) is 0 Å². The first-order chi connectivity index (χ1) is 6.13. The van der Waals surface area contributed by atoms with Crippen LogP contribution in [0.25, 0.3) is 12.7 Å². The summed E-state index contributed by atoms with van der Waals surface area (Å²) >= 11 is 4.23. The van der Waals surface area contributed by atoms with Crippen molar-refractivity contribution in [3.8, 4) is 0 Å². The lowest BCUT2D eigenvalue weighted by molar-refractivity contribution is 1.04. The van der Waals surface area contributed by atoms with Gasteiger partial charge in [-0.15, -0.1) is 12.6 Å². The summed E-state index contributed by atoms with van der Waals surface area (Å²) in [5, 5.41) is 1.46. The van der Waals surface area contributed by atoms with Gasteiger partial charge in [-0.05, 0) is 19.9 Å². The number of aromatic nitrogens is 2. The Morgan fingerprint density at radius 3 is 2.92 bits per heavy atom. The van der Waals surface area contributed by atoms with Gasteiger partial charge in [0.15, 0.2) is 0 Å². The van der Waals surface area contributed by atoms with Crippen LogP contribution in [0.4, 0.5) is 0 Å². The molecule has 0 amide bonds. The van der Waals surface area contributed by atoms with Gasteiger partial charge in [0.05, 0.1) is 16.4 Å². The van der Waals surface area contributed by atoms with Gasteiger partial charge >= 0.3 is 0 Å². The van der Waals surface area contributed by atoms with Crippen LogP contribution in [0.5, 0.6) is 0 Å². The number of hydrogen-bond acceptors (Lipinski definition) is 3. The van der Waals surface area contributed by atoms with Crippen molar-refractivity contribution in [2.75, 3.05) is 0 Å². The van der Waals surface area contributed by atoms with Gasteiger partial charge in [-0.1, -0.05) is 12.7 Å². The minimum atomic E-state index is 0.680. The van der Waals surface area contributed by atoms with Gasteiger partial charge < -0.3 is 0 Å². The summed E-state index contributed by atoms with van der Waals surface area (Å²) in [4.78, 5) is 9.26. The average Bonchev–Trinajstić information content (AvgIpc) is 2.11. The van der Waals surface area contributed by atoms with Crippen LogP contribution in [0.3, 0.4) is 0 Å². The molecule has 0 aliphatic rings. The van der Waals surface area contributed by atoms with E-state index in [9.17, 15) is 0 Å². The molecule has 0 aliphatic carbocycles. The summed E-state index contributed by atoms with van der Waals surface area (Å²) in [6, 6.07) is 0. The number of rotatable bonds is 1. The third-order valence-electron chi connectivity index (χ3n) is 1.58. The van der Waals surface area contributed by atoms with E-state index in [1.165, 1.54) is 0 Å². The molecule has 1 aromatic heterocycles. The minimum absolute atomic E-state index is 0.680. The Morgan fingerprint density at radius 2 is 2.31 bits per heavy atom. The van der Waals surface area contributed by atoms with Crippen molar-refractivity contribution in [3.05, 3.63) is 33.6 Å². The van der Waals surface area contributed by atoms with E-state index in [1.807, 2.05) is 26.0 Å². The Kier molecular flexibility index (Phi) is 3.25. The lowest BCUT2D eigenvalue weighted by Crippen LogP contribution is -2.30. The molecule has 0 N–H and O–H groups in total. The second kappa shape index (κ2) is 4.23. The highest BCUT2D eigenvalue weighted by Crippen LogP contribution is 1.98. The summed E-state index contributed by atoms with van der Waals surface area (Å²) < 4.78 is 0. The van der Waals surface area contributed by atoms with Crippen LogP contribution >= 0.6 is 12.6 Å². The number of allylic oxidation sites excluding steroid dienone is 2. The molecule has 0 saturated carbocycles. The summed E-state index contributed by atoms with van der Waals surface area (Å²) in [5.41, 5.74) is 0.885. The van der Waals surface area contributed by atoms with Crippen LogP contribution in [0.15, 0.2) is 17.2 Å². The molecule has 0 bridgehead atoms. The molecule has 13 heavy (non-hydrogen) atoms. The Morgan fingerprint density at radius 1 is 1.62 bits per heavy atom. The predicted molar refractivity (Wildman–Crippen MR) is 58.7 cm³/mol. The Hall–Kier alpha value is -1.09. The zero-order chi connectivity index (χ0) is 9.84. The lowest BCUT2D eigenvalue weighted by atomic mass is 10.4. The third kappa shape index (κ3) is 2.70. The van der Waals surface area contributed by atoms with Crippen molar-refractivity contribution in [2.45, 2.75) is 13.8 Å². The second-order valence-corrected chi connectivity index (χ2v) is 3.22. The zero-order valence-corrected chi connectivity index (χ0v) is 8.68. The SMILES string of the molecule is C=c1ncc(C)n/c1=C/C(S)=C\C. The molecule has 3 heteroatoms. The molecule has 1 rings (SSSR count). The first-order valence-corrected chi connectivity index (χ1v) is 4.44. The highest BCUT2D eigenvalue weighted by molar-refractivity contribution is 7.85. The minimum Gasteiger partial charge on any atom is -0.253 e. The highest BCUT2D eigenvalue weighted by atomic mass is 32.1. The fourth-order valence-corrected chi connectivity index (χ4v) is 0.982. The molecule has 0 atom stereocenters. The van der Waals surface area contributed by atoms with Crippen LogP contribution in [0, 0.1) is 6.92 Å². The maximum Gasteiger partial charge on any atom is 0.0894 e. The van der Waals surface area contributed by atoms with E-state index in [0.717, 1.165) is 15.9 Å². The van der Waals surface area contributed by atoms with E-state index in [-0.39, 0.29) is 0 Å². The van der Waals surface area contributed by atoms with Crippen molar-refractivity contribution in [3.63, 3.8) is 0 Å². The van der Waals surface area contributed by atoms with Crippen molar-refractivity contribution >= 4 is 25.3 Å². The van der Waals surface area contributed by atoms with E-state index in [0.29, 0.717) is 5.35 Å². The molecule has 1 heterocycles. The van der Waals surface area contributed by atoms with Gasteiger partial charge in [0.2, 0.25) is 0 Å². The van der Waals surface area contributed by atoms with E-state index in [2.05, 4.69) is 29.2 Å². The van der Waals surface area contributed by atoms with Crippen LogP contribution in [-0.2, 0) is 0 Å². The van der Waals surface area contributed by atoms with E-state index < -0.39 is 0 Å². The Balaban J connectivity index is 3.37. The van der Waals surface area contributed by atoms with Crippen LogP contribution in [0.1, 0.15) is 12.6 Å². The second-order valence-electron chi connectivity index (χ2n) is 2.70. The van der Waals surface area contributed by atoms with Crippen LogP contribution in [0.2, 0.25) is 0 Å². The molecule has 0 radical (unpaired) electrons. The molecular weight excluding hydrogens is 180 g/mol. The lowest BCUT2D eigenvalue weighted by Gasteiger charge is -1.92. The highest BCUT2D eigenvalue weighted by Gasteiger charge is 1.89. The number of nitrogens with zero attached hydrogens (tertiary/aromatic N) is 2. The van der Waals surface area contributed by atoms with Crippen LogP contribution in [-0.4, -0.2) is 9.97 Å². The first kappa shape index (κ1) is 9.99. The zero-order valence-electron chi connectivity index (χ0n) is 7.78. The summed E-state index contributed by atoms with van der Waals surface area (Å²) in [6.45, 7) is 7.60. The molecule has 68 valence electrons. The third-order valence-corrected chi connectivity index (χ3v) is 1.97. The van der Waals surface area contributed by atoms with Gasteiger partial charge in [-0.3, -0.25) is 4.98 Å². The molecule has 0 fully saturated rings. The van der Waals surface area contributed by atoms with E-state index >= 15 is 0 Å². The molecule has 0 saturated heterocycles. The number of hydrogen-bond donors (Lipinski definition) is 1. The number of thiol groups is 1. The van der Waals surface area contributed by atoms with Crippen LogP contribution < -0.4 is 10.7 Å². The summed E-state index contributed by atoms with van der Waals surface area (Å²) in [6.07, 6.45) is 5.45. The molecule has 0 unspecified atom stereocenters.